The molecule has 0 aliphatic carbocycles. The fourth-order valence-electron chi connectivity index (χ4n) is 5.16. The molecule has 1 unspecified atom stereocenters. The largest absolute Gasteiger partial charge is 1.00 e. The van der Waals surface area contributed by atoms with Crippen LogP contribution in [0.4, 0.5) is 0 Å². The van der Waals surface area contributed by atoms with Crippen LogP contribution in [0.1, 0.15) is 176 Å². The molecule has 0 bridgehead atoms. The summed E-state index contributed by atoms with van der Waals surface area (Å²) >= 11 is 0. The first-order valence-electron chi connectivity index (χ1n) is 17.1. The summed E-state index contributed by atoms with van der Waals surface area (Å²) in [5.41, 5.74) is 0.171. The van der Waals surface area contributed by atoms with Crippen molar-refractivity contribution in [1.29, 1.82) is 0 Å². The molecule has 7 nitrogen and oxygen atoms in total. The average molecular weight is 647 g/mol. The standard InChI is InChI=1S/C35H60O7S.Na/c1-3-4-5-6-7-8-9-10-11-12-13-14-15-16-17-18-19-20-21-22-25-29-41-34(36)32-26-23-24-27-33(32)35(37)42-30-28-31(2)43(38,39)40;/h23-24,26-27,31H,3-22,25,28-30H2,1-2H3,(H,38,39,40);/q;+1/p-1. The van der Waals surface area contributed by atoms with Crippen molar-refractivity contribution in [2.75, 3.05) is 13.2 Å². The van der Waals surface area contributed by atoms with Crippen molar-refractivity contribution in [2.45, 2.75) is 160 Å². The van der Waals surface area contributed by atoms with Crippen LogP contribution in [-0.4, -0.2) is 43.4 Å². The molecule has 1 rings (SSSR count). The molecule has 248 valence electrons. The summed E-state index contributed by atoms with van der Waals surface area (Å²) in [5.74, 6) is -1.34. The molecule has 44 heavy (non-hydrogen) atoms. The van der Waals surface area contributed by atoms with Gasteiger partial charge in [0.05, 0.1) is 34.5 Å². The van der Waals surface area contributed by atoms with Crippen LogP contribution in [0.2, 0.25) is 0 Å². The second kappa shape index (κ2) is 28.3. The molecule has 0 N–H and O–H groups in total. The number of esters is 2. The van der Waals surface area contributed by atoms with Gasteiger partial charge in [-0.2, -0.15) is 0 Å². The first-order chi connectivity index (χ1) is 20.8. The minimum atomic E-state index is -4.44. The average Bonchev–Trinajstić information content (AvgIpc) is 2.99. The molecule has 0 aromatic heterocycles. The van der Waals surface area contributed by atoms with Gasteiger partial charge >= 0.3 is 41.5 Å². The summed E-state index contributed by atoms with van der Waals surface area (Å²) in [6.07, 6.45) is 27.5. The van der Waals surface area contributed by atoms with Crippen molar-refractivity contribution in [3.05, 3.63) is 35.4 Å². The van der Waals surface area contributed by atoms with Crippen molar-refractivity contribution in [3.8, 4) is 0 Å². The third kappa shape index (κ3) is 22.6. The number of ether oxygens (including phenoxy) is 2. The SMILES string of the molecule is CCCCCCCCCCCCCCCCCCCCCCCOC(=O)c1ccccc1C(=O)OCCC(C)S(=O)(=O)[O-].[Na+]. The van der Waals surface area contributed by atoms with Gasteiger partial charge in [-0.05, 0) is 31.9 Å². The van der Waals surface area contributed by atoms with Gasteiger partial charge in [0.15, 0.2) is 0 Å². The van der Waals surface area contributed by atoms with E-state index in [1.807, 2.05) is 0 Å². The van der Waals surface area contributed by atoms with E-state index >= 15 is 0 Å². The molecule has 9 heteroatoms. The number of unbranched alkanes of at least 4 members (excludes halogenated alkanes) is 20. The van der Waals surface area contributed by atoms with Gasteiger partial charge in [-0.25, -0.2) is 18.0 Å². The Morgan fingerprint density at radius 3 is 1.27 bits per heavy atom. The van der Waals surface area contributed by atoms with Gasteiger partial charge in [0.2, 0.25) is 0 Å². The van der Waals surface area contributed by atoms with Crippen molar-refractivity contribution in [3.63, 3.8) is 0 Å². The zero-order chi connectivity index (χ0) is 31.6. The number of hydrogen-bond donors (Lipinski definition) is 0. The molecule has 0 amide bonds. The maximum atomic E-state index is 12.5. The maximum Gasteiger partial charge on any atom is 1.00 e. The van der Waals surface area contributed by atoms with Crippen LogP contribution in [0.3, 0.4) is 0 Å². The minimum absolute atomic E-state index is 0. The smallest absolute Gasteiger partial charge is 0.748 e. The van der Waals surface area contributed by atoms with Crippen molar-refractivity contribution in [2.24, 2.45) is 0 Å². The van der Waals surface area contributed by atoms with Crippen molar-refractivity contribution in [1.82, 2.24) is 0 Å². The number of benzene rings is 1. The van der Waals surface area contributed by atoms with E-state index in [0.29, 0.717) is 6.61 Å². The number of carbonyl (C=O) groups excluding carboxylic acids is 2. The fraction of sp³-hybridized carbons (Fsp3) is 0.771. The van der Waals surface area contributed by atoms with Crippen LogP contribution in [0.15, 0.2) is 24.3 Å². The molecule has 1 atom stereocenters. The molecule has 0 heterocycles. The van der Waals surface area contributed by atoms with Gasteiger partial charge in [-0.1, -0.05) is 147 Å². The Kier molecular flexibility index (Phi) is 27.7. The predicted octanol–water partition coefficient (Wildman–Crippen LogP) is 6.54. The molecule has 0 radical (unpaired) electrons. The summed E-state index contributed by atoms with van der Waals surface area (Å²) in [5, 5.41) is -1.16. The van der Waals surface area contributed by atoms with Crippen LogP contribution >= 0.6 is 0 Å². The third-order valence-electron chi connectivity index (χ3n) is 8.10. The molecular formula is C35H59NaO7S. The van der Waals surface area contributed by atoms with Gasteiger partial charge in [-0.15, -0.1) is 0 Å². The summed E-state index contributed by atoms with van der Waals surface area (Å²) < 4.78 is 43.4. The normalized spacial score (nSPS) is 12.0. The van der Waals surface area contributed by atoms with Gasteiger partial charge in [0.25, 0.3) is 0 Å². The summed E-state index contributed by atoms with van der Waals surface area (Å²) in [7, 11) is -4.44. The molecule has 0 aliphatic heterocycles. The zero-order valence-corrected chi connectivity index (χ0v) is 30.9. The van der Waals surface area contributed by atoms with E-state index in [4.69, 9.17) is 9.47 Å². The predicted molar refractivity (Wildman–Crippen MR) is 173 cm³/mol. The Bertz CT molecular complexity index is 968. The van der Waals surface area contributed by atoms with E-state index in [9.17, 15) is 22.6 Å². The van der Waals surface area contributed by atoms with Crippen LogP contribution in [0, 0.1) is 0 Å². The molecular weight excluding hydrogens is 587 g/mol. The van der Waals surface area contributed by atoms with Crippen molar-refractivity contribution < 1.29 is 61.6 Å². The minimum Gasteiger partial charge on any atom is -0.748 e. The van der Waals surface area contributed by atoms with Crippen molar-refractivity contribution >= 4 is 22.1 Å². The van der Waals surface area contributed by atoms with Crippen LogP contribution < -0.4 is 29.6 Å². The number of carbonyl (C=O) groups is 2. The first kappa shape index (κ1) is 43.1. The monoisotopic (exact) mass is 646 g/mol. The molecule has 0 saturated heterocycles. The van der Waals surface area contributed by atoms with E-state index in [0.717, 1.165) is 19.3 Å². The topological polar surface area (TPSA) is 110 Å². The van der Waals surface area contributed by atoms with Gasteiger partial charge < -0.3 is 14.0 Å². The first-order valence-corrected chi connectivity index (χ1v) is 18.6. The number of rotatable bonds is 28. The molecule has 0 fully saturated rings. The molecule has 0 saturated carbocycles. The second-order valence-corrected chi connectivity index (χ2v) is 13.8. The Hall–Kier alpha value is -0.930. The van der Waals surface area contributed by atoms with E-state index in [1.54, 1.807) is 12.1 Å². The fourth-order valence-corrected chi connectivity index (χ4v) is 5.54. The van der Waals surface area contributed by atoms with E-state index in [2.05, 4.69) is 6.92 Å². The van der Waals surface area contributed by atoms with E-state index in [-0.39, 0.29) is 53.7 Å². The summed E-state index contributed by atoms with van der Waals surface area (Å²) in [4.78, 5) is 25.0. The van der Waals surface area contributed by atoms with E-state index in [1.165, 1.54) is 135 Å². The van der Waals surface area contributed by atoms with Gasteiger partial charge in [-0.3, -0.25) is 0 Å². The third-order valence-corrected chi connectivity index (χ3v) is 9.32. The Balaban J connectivity index is 0.0000185. The zero-order valence-electron chi connectivity index (χ0n) is 28.1. The molecule has 0 aliphatic rings. The Labute approximate surface area is 291 Å². The Morgan fingerprint density at radius 1 is 0.614 bits per heavy atom. The van der Waals surface area contributed by atoms with Gasteiger partial charge in [0.1, 0.15) is 0 Å². The molecule has 1 aromatic rings. The summed E-state index contributed by atoms with van der Waals surface area (Å²) in [6.45, 7) is 3.60. The van der Waals surface area contributed by atoms with Gasteiger partial charge in [0, 0.05) is 5.25 Å². The molecule has 0 spiro atoms. The van der Waals surface area contributed by atoms with Crippen LogP contribution in [-0.2, 0) is 19.6 Å². The van der Waals surface area contributed by atoms with E-state index < -0.39 is 27.3 Å². The van der Waals surface area contributed by atoms with Crippen LogP contribution in [0.25, 0.3) is 0 Å². The Morgan fingerprint density at radius 2 is 0.932 bits per heavy atom. The second-order valence-electron chi connectivity index (χ2n) is 12.0. The number of hydrogen-bond acceptors (Lipinski definition) is 7. The maximum absolute atomic E-state index is 12.5. The quantitative estimate of drug-likeness (QED) is 0.0440. The van der Waals surface area contributed by atoms with Crippen LogP contribution in [0.5, 0.6) is 0 Å². The summed E-state index contributed by atoms with van der Waals surface area (Å²) in [6, 6.07) is 6.21. The molecule has 1 aromatic carbocycles.